The monoisotopic (exact) mass is 647 g/mol. The van der Waals surface area contributed by atoms with Crippen LogP contribution in [0.3, 0.4) is 0 Å². The SMILES string of the molecule is CC(C)(C)NC(=O)NCC1CCN(C(=O)CC[C@H](NC(=O)[C@H]2CCCN2S(=O)(=O)c2cc(Cl)cc(Cl)c2)C(=O)O)CC1. The van der Waals surface area contributed by atoms with Crippen molar-refractivity contribution in [2.45, 2.75) is 81.8 Å². The van der Waals surface area contributed by atoms with Crippen molar-refractivity contribution in [2.75, 3.05) is 26.2 Å². The third-order valence-corrected chi connectivity index (χ3v) is 9.54. The first-order chi connectivity index (χ1) is 19.6. The molecule has 2 heterocycles. The van der Waals surface area contributed by atoms with E-state index < -0.39 is 34.0 Å². The van der Waals surface area contributed by atoms with Crippen molar-refractivity contribution in [1.82, 2.24) is 25.2 Å². The Bertz CT molecular complexity index is 1260. The molecule has 2 aliphatic rings. The molecule has 12 nitrogen and oxygen atoms in total. The van der Waals surface area contributed by atoms with Gasteiger partial charge in [0.25, 0.3) is 0 Å². The van der Waals surface area contributed by atoms with Gasteiger partial charge in [-0.3, -0.25) is 9.59 Å². The lowest BCUT2D eigenvalue weighted by Crippen LogP contribution is -2.51. The summed E-state index contributed by atoms with van der Waals surface area (Å²) >= 11 is 11.9. The van der Waals surface area contributed by atoms with Crippen LogP contribution in [0.1, 0.15) is 59.3 Å². The average Bonchev–Trinajstić information content (AvgIpc) is 3.39. The number of hydrogen-bond donors (Lipinski definition) is 4. The molecule has 3 rings (SSSR count). The van der Waals surface area contributed by atoms with Gasteiger partial charge in [-0.2, -0.15) is 4.31 Å². The van der Waals surface area contributed by atoms with E-state index >= 15 is 0 Å². The fourth-order valence-corrected chi connectivity index (χ4v) is 7.45. The molecule has 2 fully saturated rings. The van der Waals surface area contributed by atoms with Crippen molar-refractivity contribution >= 4 is 57.0 Å². The van der Waals surface area contributed by atoms with Crippen LogP contribution < -0.4 is 16.0 Å². The van der Waals surface area contributed by atoms with E-state index in [1.54, 1.807) is 4.90 Å². The van der Waals surface area contributed by atoms with Crippen LogP contribution >= 0.6 is 23.2 Å². The summed E-state index contributed by atoms with van der Waals surface area (Å²) in [6.45, 7) is 7.22. The molecule has 0 aromatic heterocycles. The number of hydrogen-bond acceptors (Lipinski definition) is 6. The molecule has 0 radical (unpaired) electrons. The zero-order valence-corrected chi connectivity index (χ0v) is 26.3. The fourth-order valence-electron chi connectivity index (χ4n) is 5.06. The topological polar surface area (TPSA) is 165 Å². The largest absolute Gasteiger partial charge is 0.480 e. The van der Waals surface area contributed by atoms with Crippen LogP contribution in [0.15, 0.2) is 23.1 Å². The number of carboxylic acids is 1. The highest BCUT2D eigenvalue weighted by molar-refractivity contribution is 7.89. The third kappa shape index (κ3) is 9.45. The molecule has 15 heteroatoms. The van der Waals surface area contributed by atoms with E-state index in [9.17, 15) is 32.7 Å². The van der Waals surface area contributed by atoms with E-state index in [1.807, 2.05) is 20.8 Å². The summed E-state index contributed by atoms with van der Waals surface area (Å²) in [5.74, 6) is -2.06. The van der Waals surface area contributed by atoms with Gasteiger partial charge in [-0.05, 0) is 77.0 Å². The number of benzene rings is 1. The van der Waals surface area contributed by atoms with E-state index in [-0.39, 0.29) is 64.1 Å². The zero-order chi connectivity index (χ0) is 31.2. The normalized spacial score (nSPS) is 19.3. The molecule has 4 amide bonds. The Morgan fingerprint density at radius 1 is 1.02 bits per heavy atom. The van der Waals surface area contributed by atoms with Gasteiger partial charge in [-0.25, -0.2) is 18.0 Å². The van der Waals surface area contributed by atoms with Gasteiger partial charge in [0.05, 0.1) is 4.90 Å². The molecule has 4 N–H and O–H groups in total. The van der Waals surface area contributed by atoms with Gasteiger partial charge < -0.3 is 26.0 Å². The minimum Gasteiger partial charge on any atom is -0.480 e. The van der Waals surface area contributed by atoms with Gasteiger partial charge >= 0.3 is 12.0 Å². The minimum absolute atomic E-state index is 0.0769. The van der Waals surface area contributed by atoms with Crippen molar-refractivity contribution in [1.29, 1.82) is 0 Å². The number of halogens is 2. The maximum atomic E-state index is 13.3. The first kappa shape index (κ1) is 33.9. The number of amides is 4. The Balaban J connectivity index is 1.51. The van der Waals surface area contributed by atoms with Gasteiger partial charge in [-0.1, -0.05) is 23.2 Å². The number of carbonyl (C=O) groups excluding carboxylic acids is 3. The molecule has 0 aliphatic carbocycles. The summed E-state index contributed by atoms with van der Waals surface area (Å²) in [5, 5.41) is 18.1. The van der Waals surface area contributed by atoms with Crippen LogP contribution in [0.25, 0.3) is 0 Å². The molecule has 0 spiro atoms. The lowest BCUT2D eigenvalue weighted by molar-refractivity contribution is -0.143. The van der Waals surface area contributed by atoms with Gasteiger partial charge in [-0.15, -0.1) is 0 Å². The van der Waals surface area contributed by atoms with Crippen LogP contribution in [0.2, 0.25) is 10.0 Å². The smallest absolute Gasteiger partial charge is 0.326 e. The number of sulfonamides is 1. The minimum atomic E-state index is -4.13. The number of piperidine rings is 1. The van der Waals surface area contributed by atoms with Gasteiger partial charge in [0, 0.05) is 48.2 Å². The van der Waals surface area contributed by atoms with Crippen LogP contribution in [-0.2, 0) is 24.4 Å². The number of rotatable bonds is 10. The van der Waals surface area contributed by atoms with E-state index in [0.717, 1.165) is 4.31 Å². The van der Waals surface area contributed by atoms with E-state index in [2.05, 4.69) is 16.0 Å². The average molecular weight is 649 g/mol. The second kappa shape index (κ2) is 14.2. The Morgan fingerprint density at radius 2 is 1.64 bits per heavy atom. The highest BCUT2D eigenvalue weighted by atomic mass is 35.5. The standard InChI is InChI=1S/C27H39Cl2N5O7S/c1-27(2,3)32-26(39)30-16-17-8-11-33(12-9-17)23(35)7-6-21(25(37)38)31-24(36)22-5-4-10-34(22)42(40,41)20-14-18(28)13-19(29)15-20/h13-15,17,21-22H,4-12,16H2,1-3H3,(H,31,36)(H,37,38)(H2,30,32,39)/t21-,22+/m0/s1. The molecule has 234 valence electrons. The summed E-state index contributed by atoms with van der Waals surface area (Å²) in [4.78, 5) is 51.3. The molecule has 1 aromatic rings. The fraction of sp³-hybridized carbons (Fsp3) is 0.630. The summed E-state index contributed by atoms with van der Waals surface area (Å²) < 4.78 is 27.5. The first-order valence-corrected chi connectivity index (χ1v) is 16.1. The number of carbonyl (C=O) groups is 4. The lowest BCUT2D eigenvalue weighted by atomic mass is 9.96. The molecule has 2 saturated heterocycles. The molecular weight excluding hydrogens is 609 g/mol. The maximum Gasteiger partial charge on any atom is 0.326 e. The summed E-state index contributed by atoms with van der Waals surface area (Å²) in [6, 6.07) is 1.16. The summed E-state index contributed by atoms with van der Waals surface area (Å²) in [5.41, 5.74) is -0.340. The number of aliphatic carboxylic acids is 1. The molecule has 0 unspecified atom stereocenters. The van der Waals surface area contributed by atoms with E-state index in [1.165, 1.54) is 18.2 Å². The molecule has 2 aliphatic heterocycles. The first-order valence-electron chi connectivity index (χ1n) is 13.9. The second-order valence-corrected chi connectivity index (χ2v) is 14.5. The number of carboxylic acid groups (broad SMARTS) is 1. The van der Waals surface area contributed by atoms with Crippen molar-refractivity contribution in [3.05, 3.63) is 28.2 Å². The predicted octanol–water partition coefficient (Wildman–Crippen LogP) is 2.83. The van der Waals surface area contributed by atoms with Crippen molar-refractivity contribution < 1.29 is 32.7 Å². The Kier molecular flexibility index (Phi) is 11.5. The van der Waals surface area contributed by atoms with Crippen LogP contribution in [0.5, 0.6) is 0 Å². The number of likely N-dealkylation sites (tertiary alicyclic amines) is 1. The Morgan fingerprint density at radius 3 is 2.21 bits per heavy atom. The highest BCUT2D eigenvalue weighted by Crippen LogP contribution is 2.30. The number of urea groups is 1. The Hall–Kier alpha value is -2.61. The molecule has 0 bridgehead atoms. The van der Waals surface area contributed by atoms with Gasteiger partial charge in [0.1, 0.15) is 12.1 Å². The third-order valence-electron chi connectivity index (χ3n) is 7.22. The van der Waals surface area contributed by atoms with Crippen molar-refractivity contribution in [2.24, 2.45) is 5.92 Å². The van der Waals surface area contributed by atoms with E-state index in [4.69, 9.17) is 23.2 Å². The summed E-state index contributed by atoms with van der Waals surface area (Å²) in [6.07, 6.45) is 1.79. The molecular formula is C27H39Cl2N5O7S. The van der Waals surface area contributed by atoms with Gasteiger partial charge in [0.2, 0.25) is 21.8 Å². The lowest BCUT2D eigenvalue weighted by Gasteiger charge is -2.32. The molecule has 0 saturated carbocycles. The highest BCUT2D eigenvalue weighted by Gasteiger charge is 2.41. The number of nitrogens with one attached hydrogen (secondary N) is 3. The molecule has 42 heavy (non-hydrogen) atoms. The summed E-state index contributed by atoms with van der Waals surface area (Å²) in [7, 11) is -4.13. The maximum absolute atomic E-state index is 13.3. The Labute approximate surface area is 256 Å². The van der Waals surface area contributed by atoms with E-state index in [0.29, 0.717) is 38.9 Å². The second-order valence-electron chi connectivity index (χ2n) is 11.7. The van der Waals surface area contributed by atoms with Crippen LogP contribution in [0.4, 0.5) is 4.79 Å². The van der Waals surface area contributed by atoms with Crippen molar-refractivity contribution in [3.8, 4) is 0 Å². The van der Waals surface area contributed by atoms with Gasteiger partial charge in [0.15, 0.2) is 0 Å². The molecule has 2 atom stereocenters. The van der Waals surface area contributed by atoms with Crippen LogP contribution in [-0.4, -0.2) is 90.3 Å². The number of nitrogens with zero attached hydrogens (tertiary/aromatic N) is 2. The van der Waals surface area contributed by atoms with Crippen LogP contribution in [0, 0.1) is 5.92 Å². The van der Waals surface area contributed by atoms with Crippen molar-refractivity contribution in [3.63, 3.8) is 0 Å². The zero-order valence-electron chi connectivity index (χ0n) is 24.0. The quantitative estimate of drug-likeness (QED) is 0.303. The predicted molar refractivity (Wildman–Crippen MR) is 158 cm³/mol. The molecule has 1 aromatic carbocycles.